The van der Waals surface area contributed by atoms with Crippen LogP contribution in [0.5, 0.6) is 17.2 Å². The number of rotatable bonds is 11. The van der Waals surface area contributed by atoms with Crippen molar-refractivity contribution in [2.24, 2.45) is 0 Å². The van der Waals surface area contributed by atoms with Gasteiger partial charge in [0, 0.05) is 12.6 Å². The first-order valence-electron chi connectivity index (χ1n) is 11.1. The van der Waals surface area contributed by atoms with Crippen LogP contribution in [0.15, 0.2) is 71.6 Å². The van der Waals surface area contributed by atoms with Crippen LogP contribution in [0.4, 0.5) is 5.69 Å². The van der Waals surface area contributed by atoms with Gasteiger partial charge in [0.1, 0.15) is 12.3 Å². The van der Waals surface area contributed by atoms with Gasteiger partial charge in [0.25, 0.3) is 10.0 Å². The van der Waals surface area contributed by atoms with Gasteiger partial charge in [-0.05, 0) is 55.8 Å². The summed E-state index contributed by atoms with van der Waals surface area (Å²) >= 11 is 0. The predicted octanol–water partition coefficient (Wildman–Crippen LogP) is 3.92. The van der Waals surface area contributed by atoms with E-state index in [4.69, 9.17) is 14.2 Å². The summed E-state index contributed by atoms with van der Waals surface area (Å²) in [4.78, 5) is 12.8. The molecule has 186 valence electrons. The number of methoxy groups -OCH3 is 2. The lowest BCUT2D eigenvalue weighted by Gasteiger charge is -2.25. The number of sulfonamides is 1. The summed E-state index contributed by atoms with van der Waals surface area (Å²) in [6.45, 7) is 4.20. The van der Waals surface area contributed by atoms with Crippen LogP contribution in [0, 0.1) is 6.92 Å². The van der Waals surface area contributed by atoms with E-state index in [1.165, 1.54) is 32.4 Å². The predicted molar refractivity (Wildman–Crippen MR) is 135 cm³/mol. The zero-order valence-corrected chi connectivity index (χ0v) is 21.1. The Balaban J connectivity index is 1.91. The summed E-state index contributed by atoms with van der Waals surface area (Å²) in [6.07, 6.45) is 0. The van der Waals surface area contributed by atoms with Crippen LogP contribution in [-0.2, 0) is 21.4 Å². The molecule has 0 atom stereocenters. The van der Waals surface area contributed by atoms with Crippen molar-refractivity contribution in [3.05, 3.63) is 77.9 Å². The van der Waals surface area contributed by atoms with Crippen LogP contribution in [0.2, 0.25) is 0 Å². The Kier molecular flexibility index (Phi) is 8.59. The van der Waals surface area contributed by atoms with E-state index in [0.717, 1.165) is 15.4 Å². The lowest BCUT2D eigenvalue weighted by atomic mass is 10.1. The molecule has 0 spiro atoms. The molecule has 1 amide bonds. The highest BCUT2D eigenvalue weighted by Crippen LogP contribution is 2.32. The number of nitrogens with zero attached hydrogens (tertiary/aromatic N) is 1. The topological polar surface area (TPSA) is 94.2 Å². The molecule has 0 aliphatic carbocycles. The van der Waals surface area contributed by atoms with Crippen LogP contribution in [0.25, 0.3) is 0 Å². The fraction of sp³-hybridized carbons (Fsp3) is 0.269. The van der Waals surface area contributed by atoms with Gasteiger partial charge in [0.15, 0.2) is 11.5 Å². The number of amides is 1. The molecule has 0 saturated heterocycles. The molecule has 0 saturated carbocycles. The van der Waals surface area contributed by atoms with Crippen LogP contribution < -0.4 is 23.8 Å². The minimum atomic E-state index is -4.12. The standard InChI is InChI=1S/C26H30N2O6S/c1-5-34-22-12-10-21(11-13-22)28(18-26(29)27-17-20-8-6-19(2)7-9-20)35(30,31)23-14-15-24(32-3)25(16-23)33-4/h6-16H,5,17-18H2,1-4H3,(H,27,29). The molecule has 8 nitrogen and oxygen atoms in total. The third-order valence-electron chi connectivity index (χ3n) is 5.28. The molecule has 0 aliphatic heterocycles. The summed E-state index contributed by atoms with van der Waals surface area (Å²) in [6, 6.07) is 18.6. The van der Waals surface area contributed by atoms with Gasteiger partial charge in [0.05, 0.1) is 31.4 Å². The Morgan fingerprint density at radius 3 is 2.17 bits per heavy atom. The van der Waals surface area contributed by atoms with Crippen molar-refractivity contribution in [2.75, 3.05) is 31.7 Å². The van der Waals surface area contributed by atoms with E-state index >= 15 is 0 Å². The number of benzene rings is 3. The van der Waals surface area contributed by atoms with Crippen molar-refractivity contribution in [1.29, 1.82) is 0 Å². The maximum absolute atomic E-state index is 13.7. The molecule has 9 heteroatoms. The van der Waals surface area contributed by atoms with Crippen LogP contribution in [0.3, 0.4) is 0 Å². The van der Waals surface area contributed by atoms with Gasteiger partial charge in [-0.25, -0.2) is 8.42 Å². The van der Waals surface area contributed by atoms with Crippen LogP contribution in [0.1, 0.15) is 18.1 Å². The number of nitrogens with one attached hydrogen (secondary N) is 1. The van der Waals surface area contributed by atoms with Gasteiger partial charge < -0.3 is 19.5 Å². The molecular formula is C26H30N2O6S. The molecule has 0 bridgehead atoms. The number of carbonyl (C=O) groups excluding carboxylic acids is 1. The van der Waals surface area contributed by atoms with Gasteiger partial charge in [-0.2, -0.15) is 0 Å². The summed E-state index contributed by atoms with van der Waals surface area (Å²) in [5.74, 6) is 0.825. The number of hydrogen-bond acceptors (Lipinski definition) is 6. The Morgan fingerprint density at radius 2 is 1.57 bits per heavy atom. The number of hydrogen-bond donors (Lipinski definition) is 1. The van der Waals surface area contributed by atoms with Crippen molar-refractivity contribution in [3.8, 4) is 17.2 Å². The summed E-state index contributed by atoms with van der Waals surface area (Å²) in [5.41, 5.74) is 2.36. The van der Waals surface area contributed by atoms with Crippen LogP contribution in [-0.4, -0.2) is 41.7 Å². The van der Waals surface area contributed by atoms with E-state index in [0.29, 0.717) is 23.8 Å². The van der Waals surface area contributed by atoms with Gasteiger partial charge in [-0.15, -0.1) is 0 Å². The normalized spacial score (nSPS) is 11.0. The van der Waals surface area contributed by atoms with E-state index in [9.17, 15) is 13.2 Å². The second kappa shape index (κ2) is 11.6. The SMILES string of the molecule is CCOc1ccc(N(CC(=O)NCc2ccc(C)cc2)S(=O)(=O)c2ccc(OC)c(OC)c2)cc1. The minimum absolute atomic E-state index is 0.0321. The maximum Gasteiger partial charge on any atom is 0.264 e. The molecular weight excluding hydrogens is 468 g/mol. The zero-order valence-electron chi connectivity index (χ0n) is 20.3. The Bertz CT molecular complexity index is 1240. The largest absolute Gasteiger partial charge is 0.494 e. The molecule has 1 N–H and O–H groups in total. The first-order chi connectivity index (χ1) is 16.8. The van der Waals surface area contributed by atoms with Gasteiger partial charge in [-0.1, -0.05) is 29.8 Å². The van der Waals surface area contributed by atoms with E-state index < -0.39 is 22.5 Å². The first-order valence-corrected chi connectivity index (χ1v) is 12.5. The average Bonchev–Trinajstić information content (AvgIpc) is 2.87. The highest BCUT2D eigenvalue weighted by atomic mass is 32.2. The Morgan fingerprint density at radius 1 is 0.914 bits per heavy atom. The van der Waals surface area contributed by atoms with Crippen LogP contribution >= 0.6 is 0 Å². The summed E-state index contributed by atoms with van der Waals surface area (Å²) in [5, 5.41) is 2.80. The maximum atomic E-state index is 13.7. The number of ether oxygens (including phenoxy) is 3. The lowest BCUT2D eigenvalue weighted by Crippen LogP contribution is -2.40. The molecule has 0 fully saturated rings. The second-order valence-corrected chi connectivity index (χ2v) is 9.58. The number of aryl methyl sites for hydroxylation is 1. The quantitative estimate of drug-likeness (QED) is 0.431. The van der Waals surface area contributed by atoms with Crippen molar-refractivity contribution in [1.82, 2.24) is 5.32 Å². The Hall–Kier alpha value is -3.72. The summed E-state index contributed by atoms with van der Waals surface area (Å²) in [7, 11) is -1.23. The molecule has 3 rings (SSSR count). The zero-order chi connectivity index (χ0) is 25.4. The molecule has 0 unspecified atom stereocenters. The second-order valence-electron chi connectivity index (χ2n) is 7.72. The number of carbonyl (C=O) groups is 1. The fourth-order valence-corrected chi connectivity index (χ4v) is 4.82. The van der Waals surface area contributed by atoms with Gasteiger partial charge in [-0.3, -0.25) is 9.10 Å². The average molecular weight is 499 g/mol. The third-order valence-corrected chi connectivity index (χ3v) is 7.05. The molecule has 0 radical (unpaired) electrons. The molecule has 35 heavy (non-hydrogen) atoms. The van der Waals surface area contributed by atoms with Gasteiger partial charge in [0.2, 0.25) is 5.91 Å². The van der Waals surface area contributed by atoms with E-state index in [1.54, 1.807) is 24.3 Å². The lowest BCUT2D eigenvalue weighted by molar-refractivity contribution is -0.119. The third kappa shape index (κ3) is 6.45. The fourth-order valence-electron chi connectivity index (χ4n) is 3.39. The molecule has 0 heterocycles. The summed E-state index contributed by atoms with van der Waals surface area (Å²) < 4.78 is 44.4. The van der Waals surface area contributed by atoms with Crippen molar-refractivity contribution < 1.29 is 27.4 Å². The number of anilines is 1. The molecule has 3 aromatic carbocycles. The minimum Gasteiger partial charge on any atom is -0.494 e. The molecule has 0 aromatic heterocycles. The highest BCUT2D eigenvalue weighted by Gasteiger charge is 2.28. The van der Waals surface area contributed by atoms with E-state index in [2.05, 4.69) is 5.32 Å². The smallest absolute Gasteiger partial charge is 0.264 e. The van der Waals surface area contributed by atoms with Crippen molar-refractivity contribution >= 4 is 21.6 Å². The molecule has 3 aromatic rings. The van der Waals surface area contributed by atoms with E-state index in [1.807, 2.05) is 38.1 Å². The van der Waals surface area contributed by atoms with Crippen molar-refractivity contribution in [2.45, 2.75) is 25.3 Å². The van der Waals surface area contributed by atoms with Crippen molar-refractivity contribution in [3.63, 3.8) is 0 Å². The monoisotopic (exact) mass is 498 g/mol. The molecule has 0 aliphatic rings. The first kappa shape index (κ1) is 25.9. The Labute approximate surface area is 206 Å². The highest BCUT2D eigenvalue weighted by molar-refractivity contribution is 7.92. The van der Waals surface area contributed by atoms with E-state index in [-0.39, 0.29) is 17.2 Å². The van der Waals surface area contributed by atoms with Gasteiger partial charge >= 0.3 is 0 Å².